The molecule has 1 aromatic rings. The highest BCUT2D eigenvalue weighted by Gasteiger charge is 2.21. The molecule has 1 saturated heterocycles. The van der Waals surface area contributed by atoms with Crippen LogP contribution in [0.1, 0.15) is 19.8 Å². The molecule has 0 aliphatic carbocycles. The van der Waals surface area contributed by atoms with Crippen LogP contribution in [0, 0.1) is 5.92 Å². The molecule has 9 heteroatoms. The molecule has 132 valence electrons. The second-order valence-corrected chi connectivity index (χ2v) is 8.91. The van der Waals surface area contributed by atoms with E-state index in [1.807, 2.05) is 0 Å². The molecule has 1 unspecified atom stereocenters. The number of sulfonamides is 1. The summed E-state index contributed by atoms with van der Waals surface area (Å²) >= 11 is 1.22. The molecule has 1 aromatic heterocycles. The summed E-state index contributed by atoms with van der Waals surface area (Å²) in [4.78, 5) is 6.42. The number of nitrogens with zero attached hydrogens (tertiary/aromatic N) is 3. The van der Waals surface area contributed by atoms with Crippen molar-refractivity contribution in [2.24, 2.45) is 16.6 Å². The number of piperidine rings is 1. The van der Waals surface area contributed by atoms with Crippen molar-refractivity contribution in [1.29, 1.82) is 0 Å². The third-order valence-corrected chi connectivity index (χ3v) is 7.06. The number of hydrogen-bond donors (Lipinski definition) is 1. The average Bonchev–Trinajstić information content (AvgIpc) is 3.01. The maximum absolute atomic E-state index is 12.3. The first-order valence-electron chi connectivity index (χ1n) is 7.46. The standard InChI is InChI=1S/C14H24N4O2S2.HI/c1-12-5-3-8-18(11-12)14(15)16-7-9-17(2)22(19,20)13-6-4-10-21-13;/h4,6,10,12H,3,5,7-9,11H2,1-2H3,(H2,15,16);1H. The maximum atomic E-state index is 12.3. The Balaban J connectivity index is 0.00000264. The van der Waals surface area contributed by atoms with Crippen molar-refractivity contribution in [1.82, 2.24) is 9.21 Å². The molecule has 2 N–H and O–H groups in total. The summed E-state index contributed by atoms with van der Waals surface area (Å²) in [6, 6.07) is 3.35. The lowest BCUT2D eigenvalue weighted by atomic mass is 10.0. The molecule has 0 amide bonds. The van der Waals surface area contributed by atoms with Crippen LogP contribution in [0.4, 0.5) is 0 Å². The summed E-state index contributed by atoms with van der Waals surface area (Å²) in [6.07, 6.45) is 2.36. The van der Waals surface area contributed by atoms with E-state index in [1.165, 1.54) is 22.1 Å². The van der Waals surface area contributed by atoms with E-state index in [0.717, 1.165) is 19.5 Å². The van der Waals surface area contributed by atoms with Gasteiger partial charge in [0.2, 0.25) is 0 Å². The van der Waals surface area contributed by atoms with Crippen LogP contribution in [-0.4, -0.2) is 56.8 Å². The van der Waals surface area contributed by atoms with E-state index in [4.69, 9.17) is 5.73 Å². The predicted molar refractivity (Wildman–Crippen MR) is 106 cm³/mol. The number of thiophene rings is 1. The Morgan fingerprint density at radius 2 is 2.30 bits per heavy atom. The van der Waals surface area contributed by atoms with Crippen LogP contribution in [0.25, 0.3) is 0 Å². The molecular weight excluding hydrogens is 447 g/mol. The molecule has 0 aromatic carbocycles. The van der Waals surface area contributed by atoms with Gasteiger partial charge in [-0.3, -0.25) is 4.99 Å². The topological polar surface area (TPSA) is 79.0 Å². The SMILES string of the molecule is CC1CCCN(C(N)=NCCN(C)S(=O)(=O)c2cccs2)C1.I. The minimum absolute atomic E-state index is 0. The Hall–Kier alpha value is -0.390. The number of nitrogens with two attached hydrogens (primary N) is 1. The third-order valence-electron chi connectivity index (χ3n) is 3.83. The number of rotatable bonds is 5. The molecule has 0 bridgehead atoms. The fourth-order valence-electron chi connectivity index (χ4n) is 2.49. The molecule has 23 heavy (non-hydrogen) atoms. The highest BCUT2D eigenvalue weighted by atomic mass is 127. The second kappa shape index (κ2) is 9.19. The number of likely N-dealkylation sites (tertiary alicyclic amines) is 1. The fraction of sp³-hybridized carbons (Fsp3) is 0.643. The first kappa shape index (κ1) is 20.7. The second-order valence-electron chi connectivity index (χ2n) is 5.69. The van der Waals surface area contributed by atoms with Gasteiger partial charge in [-0.05, 0) is 30.2 Å². The number of aliphatic imine (C=N–C) groups is 1. The lowest BCUT2D eigenvalue weighted by molar-refractivity contribution is 0.270. The van der Waals surface area contributed by atoms with E-state index in [-0.39, 0.29) is 24.0 Å². The lowest BCUT2D eigenvalue weighted by Crippen LogP contribution is -2.43. The van der Waals surface area contributed by atoms with Crippen molar-refractivity contribution < 1.29 is 8.42 Å². The number of guanidine groups is 1. The summed E-state index contributed by atoms with van der Waals surface area (Å²) in [6.45, 7) is 4.77. The maximum Gasteiger partial charge on any atom is 0.252 e. The highest BCUT2D eigenvalue weighted by Crippen LogP contribution is 2.19. The van der Waals surface area contributed by atoms with Gasteiger partial charge in [0.05, 0.1) is 6.54 Å². The molecule has 0 radical (unpaired) electrons. The van der Waals surface area contributed by atoms with E-state index in [9.17, 15) is 8.42 Å². The van der Waals surface area contributed by atoms with Crippen LogP contribution in [0.2, 0.25) is 0 Å². The van der Waals surface area contributed by atoms with Gasteiger partial charge >= 0.3 is 0 Å². The van der Waals surface area contributed by atoms with E-state index in [0.29, 0.717) is 29.2 Å². The Morgan fingerprint density at radius 3 is 2.91 bits per heavy atom. The smallest absolute Gasteiger partial charge is 0.252 e. The zero-order chi connectivity index (χ0) is 16.2. The van der Waals surface area contributed by atoms with Crippen LogP contribution >= 0.6 is 35.3 Å². The largest absolute Gasteiger partial charge is 0.370 e. The first-order valence-corrected chi connectivity index (χ1v) is 9.78. The van der Waals surface area contributed by atoms with E-state index in [1.54, 1.807) is 24.6 Å². The number of likely N-dealkylation sites (N-methyl/N-ethyl adjacent to an activating group) is 1. The Labute approximate surface area is 159 Å². The molecular formula is C14H25IN4O2S2. The van der Waals surface area contributed by atoms with Crippen LogP contribution in [0.5, 0.6) is 0 Å². The molecule has 0 spiro atoms. The van der Waals surface area contributed by atoms with Crippen LogP contribution < -0.4 is 5.73 Å². The van der Waals surface area contributed by atoms with Gasteiger partial charge in [-0.15, -0.1) is 35.3 Å². The van der Waals surface area contributed by atoms with Crippen molar-refractivity contribution in [2.45, 2.75) is 24.0 Å². The van der Waals surface area contributed by atoms with Crippen molar-refractivity contribution in [3.8, 4) is 0 Å². The van der Waals surface area contributed by atoms with Gasteiger partial charge in [-0.1, -0.05) is 13.0 Å². The molecule has 1 fully saturated rings. The average molecular weight is 472 g/mol. The quantitative estimate of drug-likeness (QED) is 0.404. The molecule has 2 heterocycles. The fourth-order valence-corrected chi connectivity index (χ4v) is 4.85. The van der Waals surface area contributed by atoms with E-state index >= 15 is 0 Å². The monoisotopic (exact) mass is 472 g/mol. The van der Waals surface area contributed by atoms with E-state index in [2.05, 4.69) is 16.8 Å². The summed E-state index contributed by atoms with van der Waals surface area (Å²) in [7, 11) is -1.83. The van der Waals surface area contributed by atoms with Crippen LogP contribution in [0.15, 0.2) is 26.7 Å². The summed E-state index contributed by atoms with van der Waals surface area (Å²) < 4.78 is 26.2. The van der Waals surface area contributed by atoms with Crippen molar-refractivity contribution in [3.63, 3.8) is 0 Å². The molecule has 0 saturated carbocycles. The summed E-state index contributed by atoms with van der Waals surface area (Å²) in [5.74, 6) is 1.15. The van der Waals surface area contributed by atoms with Gasteiger partial charge < -0.3 is 10.6 Å². The van der Waals surface area contributed by atoms with Crippen molar-refractivity contribution in [2.75, 3.05) is 33.2 Å². The lowest BCUT2D eigenvalue weighted by Gasteiger charge is -2.31. The Kier molecular flexibility index (Phi) is 8.25. The molecule has 2 rings (SSSR count). The van der Waals surface area contributed by atoms with Gasteiger partial charge in [0.1, 0.15) is 4.21 Å². The highest BCUT2D eigenvalue weighted by molar-refractivity contribution is 14.0. The molecule has 1 aliphatic heterocycles. The van der Waals surface area contributed by atoms with E-state index < -0.39 is 10.0 Å². The van der Waals surface area contributed by atoms with Crippen LogP contribution in [0.3, 0.4) is 0 Å². The van der Waals surface area contributed by atoms with Gasteiger partial charge in [0.15, 0.2) is 5.96 Å². The minimum Gasteiger partial charge on any atom is -0.370 e. The Morgan fingerprint density at radius 1 is 1.57 bits per heavy atom. The van der Waals surface area contributed by atoms with Gasteiger partial charge in [0, 0.05) is 26.7 Å². The Bertz CT molecular complexity index is 604. The van der Waals surface area contributed by atoms with Gasteiger partial charge in [-0.2, -0.15) is 4.31 Å². The number of hydrogen-bond acceptors (Lipinski definition) is 4. The van der Waals surface area contributed by atoms with Gasteiger partial charge in [-0.25, -0.2) is 8.42 Å². The van der Waals surface area contributed by atoms with Crippen LogP contribution in [-0.2, 0) is 10.0 Å². The zero-order valence-corrected chi connectivity index (χ0v) is 17.5. The number of halogens is 1. The summed E-state index contributed by atoms with van der Waals surface area (Å²) in [5.41, 5.74) is 6.01. The van der Waals surface area contributed by atoms with Crippen molar-refractivity contribution >= 4 is 51.3 Å². The van der Waals surface area contributed by atoms with Crippen molar-refractivity contribution in [3.05, 3.63) is 17.5 Å². The predicted octanol–water partition coefficient (Wildman–Crippen LogP) is 2.03. The molecule has 6 nitrogen and oxygen atoms in total. The zero-order valence-electron chi connectivity index (χ0n) is 13.5. The van der Waals surface area contributed by atoms with Gasteiger partial charge in [0.25, 0.3) is 10.0 Å². The first-order chi connectivity index (χ1) is 10.4. The minimum atomic E-state index is -3.40. The summed E-state index contributed by atoms with van der Waals surface area (Å²) in [5, 5.41) is 1.76. The molecule has 1 atom stereocenters. The normalized spacial score (nSPS) is 19.7. The molecule has 1 aliphatic rings. The third kappa shape index (κ3) is 5.57.